The topological polar surface area (TPSA) is 68.4 Å². The number of aryl methyl sites for hydroxylation is 1. The van der Waals surface area contributed by atoms with Crippen LogP contribution in [0.1, 0.15) is 58.9 Å². The smallest absolute Gasteiger partial charge is 0.346 e. The lowest BCUT2D eigenvalue weighted by Crippen LogP contribution is -2.60. The van der Waals surface area contributed by atoms with Gasteiger partial charge in [0.25, 0.3) is 0 Å². The van der Waals surface area contributed by atoms with Gasteiger partial charge in [-0.25, -0.2) is 15.1 Å². The molecular formula is C32H45Cl2N5O3. The Morgan fingerprint density at radius 3 is 2.48 bits per heavy atom. The monoisotopic (exact) mass is 617 g/mol. The number of carbonyl (C=O) groups excluding carboxylic acids is 2. The normalized spacial score (nSPS) is 16.1. The van der Waals surface area contributed by atoms with E-state index < -0.39 is 5.54 Å². The summed E-state index contributed by atoms with van der Waals surface area (Å²) in [6.07, 6.45) is 3.65. The second-order valence-corrected chi connectivity index (χ2v) is 13.0. The number of hydrogen-bond acceptors (Lipinski definition) is 6. The predicted molar refractivity (Wildman–Crippen MR) is 172 cm³/mol. The molecule has 4 rings (SSSR count). The van der Waals surface area contributed by atoms with Gasteiger partial charge in [-0.2, -0.15) is 0 Å². The van der Waals surface area contributed by atoms with Crippen molar-refractivity contribution in [2.75, 3.05) is 56.2 Å². The van der Waals surface area contributed by atoms with Crippen molar-refractivity contribution in [3.05, 3.63) is 52.0 Å². The van der Waals surface area contributed by atoms with Crippen molar-refractivity contribution < 1.29 is 14.3 Å². The number of carbonyl (C=O) groups is 2. The minimum atomic E-state index is -0.471. The highest BCUT2D eigenvalue weighted by molar-refractivity contribution is 6.43. The minimum absolute atomic E-state index is 0.192. The van der Waals surface area contributed by atoms with Crippen molar-refractivity contribution in [2.45, 2.75) is 65.3 Å². The first-order chi connectivity index (χ1) is 20.0. The van der Waals surface area contributed by atoms with Crippen molar-refractivity contribution in [1.29, 1.82) is 0 Å². The molecule has 0 saturated carbocycles. The van der Waals surface area contributed by atoms with E-state index in [9.17, 15) is 9.59 Å². The molecule has 2 aromatic rings. The van der Waals surface area contributed by atoms with E-state index in [1.165, 1.54) is 4.90 Å². The molecule has 2 heterocycles. The summed E-state index contributed by atoms with van der Waals surface area (Å²) in [6, 6.07) is 11.2. The minimum Gasteiger partial charge on any atom is -0.494 e. The molecule has 42 heavy (non-hydrogen) atoms. The van der Waals surface area contributed by atoms with E-state index in [1.807, 2.05) is 50.2 Å². The van der Waals surface area contributed by atoms with Crippen LogP contribution in [-0.4, -0.2) is 73.8 Å². The summed E-state index contributed by atoms with van der Waals surface area (Å²) < 4.78 is 6.10. The Hall–Kier alpha value is -2.52. The third kappa shape index (κ3) is 7.70. The summed E-state index contributed by atoms with van der Waals surface area (Å²) in [5, 5.41) is 2.79. The first-order valence-corrected chi connectivity index (χ1v) is 15.8. The zero-order valence-corrected chi connectivity index (χ0v) is 27.1. The van der Waals surface area contributed by atoms with E-state index in [2.05, 4.69) is 29.1 Å². The van der Waals surface area contributed by atoms with Crippen LogP contribution in [0.25, 0.3) is 0 Å². The number of unbranched alkanes of at least 4 members (excludes halogenated alkanes) is 1. The van der Waals surface area contributed by atoms with E-state index >= 15 is 0 Å². The number of ether oxygens (including phenoxy) is 1. The number of fused-ring (bicyclic) bond motifs is 1. The third-order valence-corrected chi connectivity index (χ3v) is 8.87. The highest BCUT2D eigenvalue weighted by atomic mass is 35.5. The highest BCUT2D eigenvalue weighted by Gasteiger charge is 2.39. The molecule has 2 aromatic carbocycles. The van der Waals surface area contributed by atoms with Crippen LogP contribution in [0.2, 0.25) is 10.0 Å². The number of rotatable bonds is 11. The van der Waals surface area contributed by atoms with Gasteiger partial charge in [-0.15, -0.1) is 0 Å². The van der Waals surface area contributed by atoms with Crippen molar-refractivity contribution in [2.24, 2.45) is 5.92 Å². The van der Waals surface area contributed by atoms with Gasteiger partial charge < -0.3 is 9.64 Å². The van der Waals surface area contributed by atoms with Crippen LogP contribution in [0.4, 0.5) is 16.2 Å². The van der Waals surface area contributed by atoms with Crippen LogP contribution < -0.4 is 20.0 Å². The van der Waals surface area contributed by atoms with E-state index in [0.29, 0.717) is 46.8 Å². The molecule has 3 amide bonds. The molecule has 1 saturated heterocycles. The number of hydrogen-bond donors (Lipinski definition) is 1. The SMILES string of the molecule is CNN(C(=O)N1C(=O)CCc2ccc(OCCCCN3CCN(c4cccc(Cl)c4Cl)CC3)cc21)C(C)(C)CC(C)C. The number of benzene rings is 2. The second kappa shape index (κ2) is 14.3. The van der Waals surface area contributed by atoms with Crippen LogP contribution in [0, 0.1) is 5.92 Å². The summed E-state index contributed by atoms with van der Waals surface area (Å²) in [6.45, 7) is 13.7. The van der Waals surface area contributed by atoms with Gasteiger partial charge in [0.1, 0.15) is 5.75 Å². The van der Waals surface area contributed by atoms with Crippen LogP contribution >= 0.6 is 23.2 Å². The Kier molecular flexibility index (Phi) is 11.0. The third-order valence-electron chi connectivity index (χ3n) is 8.06. The molecule has 2 aliphatic heterocycles. The number of amides is 3. The van der Waals surface area contributed by atoms with E-state index in [0.717, 1.165) is 63.2 Å². The zero-order chi connectivity index (χ0) is 30.4. The molecule has 1 N–H and O–H groups in total. The summed E-state index contributed by atoms with van der Waals surface area (Å²) in [7, 11) is 1.73. The van der Waals surface area contributed by atoms with Crippen LogP contribution in [0.3, 0.4) is 0 Å². The first kappa shape index (κ1) is 32.4. The number of piperazine rings is 1. The summed E-state index contributed by atoms with van der Waals surface area (Å²) in [5.74, 6) is 0.874. The van der Waals surface area contributed by atoms with Gasteiger partial charge in [-0.05, 0) is 75.8 Å². The lowest BCUT2D eigenvalue weighted by Gasteiger charge is -2.42. The number of imide groups is 1. The lowest BCUT2D eigenvalue weighted by molar-refractivity contribution is -0.118. The Balaban J connectivity index is 1.29. The molecule has 0 aromatic heterocycles. The van der Waals surface area contributed by atoms with Gasteiger partial charge in [-0.3, -0.25) is 14.7 Å². The Bertz CT molecular complexity index is 1250. The fraction of sp³-hybridized carbons (Fsp3) is 0.562. The molecular weight excluding hydrogens is 573 g/mol. The Morgan fingerprint density at radius 2 is 1.79 bits per heavy atom. The zero-order valence-electron chi connectivity index (χ0n) is 25.6. The van der Waals surface area contributed by atoms with Gasteiger partial charge in [0.05, 0.1) is 33.6 Å². The maximum Gasteiger partial charge on any atom is 0.346 e. The second-order valence-electron chi connectivity index (χ2n) is 12.2. The summed E-state index contributed by atoms with van der Waals surface area (Å²) >= 11 is 12.6. The summed E-state index contributed by atoms with van der Waals surface area (Å²) in [4.78, 5) is 32.9. The van der Waals surface area contributed by atoms with Gasteiger partial charge in [0.2, 0.25) is 5.91 Å². The maximum atomic E-state index is 13.7. The van der Waals surface area contributed by atoms with Crippen molar-refractivity contribution >= 4 is 46.5 Å². The number of halogens is 2. The van der Waals surface area contributed by atoms with Gasteiger partial charge in [0.15, 0.2) is 0 Å². The molecule has 0 atom stereocenters. The van der Waals surface area contributed by atoms with E-state index in [1.54, 1.807) is 12.1 Å². The summed E-state index contributed by atoms with van der Waals surface area (Å²) in [5.41, 5.74) is 5.17. The first-order valence-electron chi connectivity index (χ1n) is 15.0. The van der Waals surface area contributed by atoms with Crippen molar-refractivity contribution in [3.8, 4) is 5.75 Å². The molecule has 230 valence electrons. The number of nitrogens with zero attached hydrogens (tertiary/aromatic N) is 4. The molecule has 0 radical (unpaired) electrons. The highest BCUT2D eigenvalue weighted by Crippen LogP contribution is 2.35. The Morgan fingerprint density at radius 1 is 1.05 bits per heavy atom. The molecule has 10 heteroatoms. The maximum absolute atomic E-state index is 13.7. The van der Waals surface area contributed by atoms with Gasteiger partial charge in [0, 0.05) is 45.7 Å². The molecule has 0 unspecified atom stereocenters. The average Bonchev–Trinajstić information content (AvgIpc) is 2.94. The molecule has 1 fully saturated rings. The largest absolute Gasteiger partial charge is 0.494 e. The molecule has 0 bridgehead atoms. The fourth-order valence-corrected chi connectivity index (χ4v) is 6.59. The quantitative estimate of drug-likeness (QED) is 0.225. The van der Waals surface area contributed by atoms with Crippen molar-refractivity contribution in [3.63, 3.8) is 0 Å². The fourth-order valence-electron chi connectivity index (χ4n) is 6.17. The van der Waals surface area contributed by atoms with Gasteiger partial charge in [-0.1, -0.05) is 49.2 Å². The van der Waals surface area contributed by atoms with E-state index in [4.69, 9.17) is 27.9 Å². The molecule has 0 spiro atoms. The molecule has 0 aliphatic carbocycles. The molecule has 8 nitrogen and oxygen atoms in total. The average molecular weight is 619 g/mol. The Labute approximate surface area is 260 Å². The predicted octanol–water partition coefficient (Wildman–Crippen LogP) is 6.63. The number of hydrazine groups is 1. The van der Waals surface area contributed by atoms with Crippen LogP contribution in [0.15, 0.2) is 36.4 Å². The lowest BCUT2D eigenvalue weighted by atomic mass is 9.92. The van der Waals surface area contributed by atoms with Gasteiger partial charge >= 0.3 is 6.03 Å². The number of urea groups is 1. The van der Waals surface area contributed by atoms with E-state index in [-0.39, 0.29) is 11.9 Å². The van der Waals surface area contributed by atoms with Crippen LogP contribution in [0.5, 0.6) is 5.75 Å². The number of nitrogens with one attached hydrogen (secondary N) is 1. The molecule has 2 aliphatic rings. The van der Waals surface area contributed by atoms with Crippen LogP contribution in [-0.2, 0) is 11.2 Å². The standard InChI is InChI=1S/C32H45Cl2N5O3/c1-23(2)22-32(3,4)39(35-5)31(41)38-28-21-25(13-11-24(28)12-14-29(38)40)42-20-7-6-15-36-16-18-37(19-17-36)27-10-8-9-26(33)30(27)34/h8-11,13,21,23,35H,6-7,12,14-20,22H2,1-5H3. The van der Waals surface area contributed by atoms with Crippen molar-refractivity contribution in [1.82, 2.24) is 15.3 Å². The number of anilines is 2.